The summed E-state index contributed by atoms with van der Waals surface area (Å²) in [6, 6.07) is 8.51. The monoisotopic (exact) mass is 348 g/mol. The first kappa shape index (κ1) is 16.6. The summed E-state index contributed by atoms with van der Waals surface area (Å²) in [5.74, 6) is 1.16. The fourth-order valence-corrected chi connectivity index (χ4v) is 4.15. The summed E-state index contributed by atoms with van der Waals surface area (Å²) < 4.78 is 41.1. The summed E-state index contributed by atoms with van der Waals surface area (Å²) >= 11 is 0. The van der Waals surface area contributed by atoms with Gasteiger partial charge in [0, 0.05) is 6.07 Å². The van der Waals surface area contributed by atoms with E-state index in [1.54, 1.807) is 19.1 Å². The Labute approximate surface area is 142 Å². The summed E-state index contributed by atoms with van der Waals surface area (Å²) in [6.07, 6.45) is 3.10. The van der Waals surface area contributed by atoms with E-state index in [0.717, 1.165) is 24.8 Å². The molecule has 128 valence electrons. The summed E-state index contributed by atoms with van der Waals surface area (Å²) in [6.45, 7) is 1.70. The quantitative estimate of drug-likeness (QED) is 0.776. The smallest absolute Gasteiger partial charge is 0.339 e. The van der Waals surface area contributed by atoms with E-state index in [-0.39, 0.29) is 4.90 Å². The highest BCUT2D eigenvalue weighted by atomic mass is 32.2. The van der Waals surface area contributed by atoms with Crippen LogP contribution in [0.2, 0.25) is 0 Å². The Bertz CT molecular complexity index is 871. The van der Waals surface area contributed by atoms with Gasteiger partial charge in [-0.25, -0.2) is 0 Å². The van der Waals surface area contributed by atoms with E-state index in [4.69, 9.17) is 13.7 Å². The highest BCUT2D eigenvalue weighted by Gasteiger charge is 2.23. The van der Waals surface area contributed by atoms with Crippen LogP contribution in [0.15, 0.2) is 35.2 Å². The van der Waals surface area contributed by atoms with Crippen LogP contribution >= 0.6 is 0 Å². The normalized spacial score (nSPS) is 13.5. The lowest BCUT2D eigenvalue weighted by atomic mass is 10.1. The Morgan fingerprint density at radius 1 is 0.917 bits per heavy atom. The Hall–Kier alpha value is -2.21. The van der Waals surface area contributed by atoms with Gasteiger partial charge in [0.15, 0.2) is 11.5 Å². The van der Waals surface area contributed by atoms with Crippen molar-refractivity contribution in [3.8, 4) is 17.2 Å². The van der Waals surface area contributed by atoms with Gasteiger partial charge in [0.1, 0.15) is 10.6 Å². The SMILES string of the molecule is COc1cc(C)c(S(=O)(=O)Oc2ccc3c(c2)CCC3)cc1OC. The zero-order valence-electron chi connectivity index (χ0n) is 14.0. The lowest BCUT2D eigenvalue weighted by Gasteiger charge is -2.14. The number of benzene rings is 2. The molecule has 1 aliphatic rings. The average Bonchev–Trinajstić information content (AvgIpc) is 3.01. The molecule has 24 heavy (non-hydrogen) atoms. The van der Waals surface area contributed by atoms with Crippen LogP contribution in [0.25, 0.3) is 0 Å². The Kier molecular flexibility index (Phi) is 4.41. The van der Waals surface area contributed by atoms with E-state index < -0.39 is 10.1 Å². The Morgan fingerprint density at radius 2 is 1.58 bits per heavy atom. The zero-order valence-corrected chi connectivity index (χ0v) is 14.8. The minimum Gasteiger partial charge on any atom is -0.493 e. The molecule has 0 radical (unpaired) electrons. The van der Waals surface area contributed by atoms with Crippen LogP contribution in [-0.2, 0) is 23.0 Å². The molecule has 0 heterocycles. The van der Waals surface area contributed by atoms with E-state index in [0.29, 0.717) is 22.8 Å². The zero-order chi connectivity index (χ0) is 17.3. The van der Waals surface area contributed by atoms with Crippen molar-refractivity contribution in [2.75, 3.05) is 14.2 Å². The highest BCUT2D eigenvalue weighted by Crippen LogP contribution is 2.34. The molecule has 0 amide bonds. The van der Waals surface area contributed by atoms with E-state index >= 15 is 0 Å². The molecule has 0 bridgehead atoms. The fourth-order valence-electron chi connectivity index (χ4n) is 3.00. The topological polar surface area (TPSA) is 61.8 Å². The van der Waals surface area contributed by atoms with E-state index in [9.17, 15) is 8.42 Å². The second kappa shape index (κ2) is 6.36. The van der Waals surface area contributed by atoms with Crippen LogP contribution in [0.4, 0.5) is 0 Å². The molecule has 1 aliphatic carbocycles. The second-order valence-electron chi connectivity index (χ2n) is 5.79. The largest absolute Gasteiger partial charge is 0.493 e. The third-order valence-corrected chi connectivity index (χ3v) is 5.62. The number of fused-ring (bicyclic) bond motifs is 1. The van der Waals surface area contributed by atoms with Gasteiger partial charge in [0.25, 0.3) is 0 Å². The maximum Gasteiger partial charge on any atom is 0.339 e. The molecule has 5 nitrogen and oxygen atoms in total. The summed E-state index contributed by atoms with van der Waals surface area (Å²) in [5, 5.41) is 0. The molecule has 0 aliphatic heterocycles. The standard InChI is InChI=1S/C18H20O5S/c1-12-9-16(21-2)17(22-3)11-18(12)24(19,20)23-15-8-7-13-5-4-6-14(13)10-15/h7-11H,4-6H2,1-3H3. The molecular weight excluding hydrogens is 328 g/mol. The number of aryl methyl sites for hydroxylation is 3. The van der Waals surface area contributed by atoms with Gasteiger partial charge in [-0.1, -0.05) is 6.07 Å². The van der Waals surface area contributed by atoms with E-state index in [1.165, 1.54) is 25.8 Å². The fraction of sp³-hybridized carbons (Fsp3) is 0.333. The van der Waals surface area contributed by atoms with Gasteiger partial charge in [0.2, 0.25) is 0 Å². The predicted octanol–water partition coefficient (Wildman–Crippen LogP) is 3.27. The van der Waals surface area contributed by atoms with Gasteiger partial charge >= 0.3 is 10.1 Å². The molecule has 0 unspecified atom stereocenters. The van der Waals surface area contributed by atoms with Crippen LogP contribution in [0.1, 0.15) is 23.1 Å². The van der Waals surface area contributed by atoms with E-state index in [2.05, 4.69) is 0 Å². The Balaban J connectivity index is 1.96. The van der Waals surface area contributed by atoms with Gasteiger partial charge in [-0.3, -0.25) is 0 Å². The molecule has 0 saturated heterocycles. The predicted molar refractivity (Wildman–Crippen MR) is 90.6 cm³/mol. The molecule has 6 heteroatoms. The minimum atomic E-state index is -3.95. The first-order valence-electron chi connectivity index (χ1n) is 7.73. The van der Waals surface area contributed by atoms with Crippen LogP contribution in [0, 0.1) is 6.92 Å². The number of hydrogen-bond donors (Lipinski definition) is 0. The lowest BCUT2D eigenvalue weighted by Crippen LogP contribution is -2.12. The molecule has 0 N–H and O–H groups in total. The number of rotatable bonds is 5. The molecule has 2 aromatic rings. The van der Waals surface area contributed by atoms with Gasteiger partial charge < -0.3 is 13.7 Å². The summed E-state index contributed by atoms with van der Waals surface area (Å²) in [4.78, 5) is 0.0700. The van der Waals surface area contributed by atoms with Crippen molar-refractivity contribution in [2.45, 2.75) is 31.1 Å². The van der Waals surface area contributed by atoms with Gasteiger partial charge in [-0.15, -0.1) is 0 Å². The number of methoxy groups -OCH3 is 2. The molecule has 3 rings (SSSR count). The third-order valence-electron chi connectivity index (χ3n) is 4.23. The van der Waals surface area contributed by atoms with Crippen LogP contribution in [-0.4, -0.2) is 22.6 Å². The van der Waals surface area contributed by atoms with Crippen molar-refractivity contribution in [1.82, 2.24) is 0 Å². The highest BCUT2D eigenvalue weighted by molar-refractivity contribution is 7.87. The van der Waals surface area contributed by atoms with Gasteiger partial charge in [-0.2, -0.15) is 8.42 Å². The van der Waals surface area contributed by atoms with Crippen molar-refractivity contribution in [2.24, 2.45) is 0 Å². The molecule has 0 spiro atoms. The summed E-state index contributed by atoms with van der Waals surface area (Å²) in [5.41, 5.74) is 2.96. The van der Waals surface area contributed by atoms with Crippen LogP contribution < -0.4 is 13.7 Å². The Morgan fingerprint density at radius 3 is 2.29 bits per heavy atom. The average molecular weight is 348 g/mol. The summed E-state index contributed by atoms with van der Waals surface area (Å²) in [7, 11) is -0.985. The molecule has 0 saturated carbocycles. The van der Waals surface area contributed by atoms with Crippen molar-refractivity contribution in [1.29, 1.82) is 0 Å². The first-order valence-corrected chi connectivity index (χ1v) is 9.14. The molecule has 0 fully saturated rings. The maximum atomic E-state index is 12.7. The molecule has 0 atom stereocenters. The van der Waals surface area contributed by atoms with Crippen LogP contribution in [0.3, 0.4) is 0 Å². The molecular formula is C18H20O5S. The van der Waals surface area contributed by atoms with Crippen molar-refractivity contribution in [3.05, 3.63) is 47.0 Å². The lowest BCUT2D eigenvalue weighted by molar-refractivity contribution is 0.353. The van der Waals surface area contributed by atoms with Crippen molar-refractivity contribution >= 4 is 10.1 Å². The third kappa shape index (κ3) is 3.06. The van der Waals surface area contributed by atoms with Crippen LogP contribution in [0.5, 0.6) is 17.2 Å². The van der Waals surface area contributed by atoms with E-state index in [1.807, 2.05) is 12.1 Å². The van der Waals surface area contributed by atoms with Crippen molar-refractivity contribution < 1.29 is 22.1 Å². The molecule has 2 aromatic carbocycles. The maximum absolute atomic E-state index is 12.7. The van der Waals surface area contributed by atoms with Gasteiger partial charge in [0.05, 0.1) is 14.2 Å². The number of ether oxygens (including phenoxy) is 2. The minimum absolute atomic E-state index is 0.0700. The molecule has 0 aromatic heterocycles. The first-order chi connectivity index (χ1) is 11.4. The van der Waals surface area contributed by atoms with Crippen molar-refractivity contribution in [3.63, 3.8) is 0 Å². The second-order valence-corrected chi connectivity index (χ2v) is 7.31. The number of hydrogen-bond acceptors (Lipinski definition) is 5. The van der Waals surface area contributed by atoms with Gasteiger partial charge in [-0.05, 0) is 61.1 Å².